The Morgan fingerprint density at radius 1 is 1.03 bits per heavy atom. The van der Waals surface area contributed by atoms with Crippen molar-refractivity contribution < 1.29 is 24.3 Å². The average molecular weight is 554 g/mol. The molecule has 0 aliphatic heterocycles. The van der Waals surface area contributed by atoms with Crippen LogP contribution in [0.25, 0.3) is 22.2 Å². The second kappa shape index (κ2) is 13.8. The number of amides is 3. The molecular formula is C28H35N5O5S. The van der Waals surface area contributed by atoms with Gasteiger partial charge in [0, 0.05) is 23.0 Å². The number of nitrogens with two attached hydrogens (primary N) is 1. The first kappa shape index (κ1) is 29.7. The fraction of sp³-hybridized carbons (Fsp3) is 0.357. The van der Waals surface area contributed by atoms with Crippen LogP contribution >= 0.6 is 11.8 Å². The Morgan fingerprint density at radius 3 is 2.38 bits per heavy atom. The molecule has 0 spiro atoms. The minimum atomic E-state index is -1.20. The fourth-order valence-corrected chi connectivity index (χ4v) is 4.58. The molecule has 0 saturated heterocycles. The zero-order chi connectivity index (χ0) is 28.5. The van der Waals surface area contributed by atoms with Gasteiger partial charge in [-0.15, -0.1) is 0 Å². The first-order valence-corrected chi connectivity index (χ1v) is 14.0. The lowest BCUT2D eigenvalue weighted by Crippen LogP contribution is -2.54. The van der Waals surface area contributed by atoms with Gasteiger partial charge in [-0.25, -0.2) is 0 Å². The van der Waals surface area contributed by atoms with Crippen molar-refractivity contribution in [2.75, 3.05) is 18.6 Å². The van der Waals surface area contributed by atoms with E-state index in [1.54, 1.807) is 11.8 Å². The minimum absolute atomic E-state index is 0.0817. The molecule has 3 rings (SSSR count). The molecule has 0 bridgehead atoms. The van der Waals surface area contributed by atoms with Crippen molar-refractivity contribution in [3.63, 3.8) is 0 Å². The molecule has 3 atom stereocenters. The number of carboxylic acids is 1. The van der Waals surface area contributed by atoms with Gasteiger partial charge >= 0.3 is 5.97 Å². The lowest BCUT2D eigenvalue weighted by atomic mass is 9.97. The van der Waals surface area contributed by atoms with Crippen LogP contribution in [0.2, 0.25) is 0 Å². The van der Waals surface area contributed by atoms with E-state index in [9.17, 15) is 24.3 Å². The van der Waals surface area contributed by atoms with Crippen LogP contribution in [0.5, 0.6) is 0 Å². The zero-order valence-electron chi connectivity index (χ0n) is 22.2. The Morgan fingerprint density at radius 2 is 1.72 bits per heavy atom. The normalized spacial score (nSPS) is 13.3. The van der Waals surface area contributed by atoms with Gasteiger partial charge in [0.15, 0.2) is 0 Å². The number of rotatable bonds is 13. The highest BCUT2D eigenvalue weighted by Crippen LogP contribution is 2.31. The van der Waals surface area contributed by atoms with Crippen LogP contribution in [-0.2, 0) is 25.6 Å². The van der Waals surface area contributed by atoms with Crippen LogP contribution in [0.1, 0.15) is 24.5 Å². The Hall–Kier alpha value is -3.83. The van der Waals surface area contributed by atoms with Gasteiger partial charge in [0.25, 0.3) is 0 Å². The summed E-state index contributed by atoms with van der Waals surface area (Å²) in [4.78, 5) is 53.1. The molecular weight excluding hydrogens is 518 g/mol. The van der Waals surface area contributed by atoms with Gasteiger partial charge < -0.3 is 31.8 Å². The SMILES string of the molecule is CSCC[C@H](N)C(=O)NCC(=O)N[C@@H](Cc1c(-c2ccc(C)cc2)[nH]c2ccccc12)C(=O)N[C@@H](C)C(=O)O. The van der Waals surface area contributed by atoms with E-state index in [0.717, 1.165) is 33.3 Å². The summed E-state index contributed by atoms with van der Waals surface area (Å²) in [5.74, 6) is -2.20. The molecule has 0 unspecified atom stereocenters. The molecule has 0 fully saturated rings. The monoisotopic (exact) mass is 553 g/mol. The number of fused-ring (bicyclic) bond motifs is 1. The number of aromatic nitrogens is 1. The number of benzene rings is 2. The predicted molar refractivity (Wildman–Crippen MR) is 153 cm³/mol. The first-order valence-electron chi connectivity index (χ1n) is 12.6. The van der Waals surface area contributed by atoms with Crippen molar-refractivity contribution in [1.82, 2.24) is 20.9 Å². The third-order valence-corrected chi connectivity index (χ3v) is 6.98. The number of hydrogen-bond acceptors (Lipinski definition) is 6. The topological polar surface area (TPSA) is 166 Å². The summed E-state index contributed by atoms with van der Waals surface area (Å²) in [5.41, 5.74) is 10.3. The Labute approximate surface area is 231 Å². The quantitative estimate of drug-likeness (QED) is 0.188. The van der Waals surface area contributed by atoms with Crippen LogP contribution in [0.15, 0.2) is 48.5 Å². The van der Waals surface area contributed by atoms with Gasteiger partial charge in [-0.3, -0.25) is 19.2 Å². The molecule has 0 aliphatic carbocycles. The second-order valence-electron chi connectivity index (χ2n) is 9.39. The number of hydrogen-bond donors (Lipinski definition) is 6. The van der Waals surface area contributed by atoms with Gasteiger partial charge in [-0.2, -0.15) is 11.8 Å². The summed E-state index contributed by atoms with van der Waals surface area (Å²) < 4.78 is 0. The van der Waals surface area contributed by atoms with Gasteiger partial charge in [0.2, 0.25) is 17.7 Å². The van der Waals surface area contributed by atoms with E-state index in [0.29, 0.717) is 12.2 Å². The molecule has 1 aromatic heterocycles. The third kappa shape index (κ3) is 8.08. The molecule has 10 nitrogen and oxygen atoms in total. The molecule has 11 heteroatoms. The smallest absolute Gasteiger partial charge is 0.325 e. The van der Waals surface area contributed by atoms with Crippen LogP contribution in [0, 0.1) is 6.92 Å². The lowest BCUT2D eigenvalue weighted by molar-refractivity contribution is -0.141. The molecule has 2 aromatic carbocycles. The number of aliphatic carboxylic acids is 1. The van der Waals surface area contributed by atoms with Crippen molar-refractivity contribution in [2.24, 2.45) is 5.73 Å². The fourth-order valence-electron chi connectivity index (χ4n) is 4.09. The number of carbonyl (C=O) groups excluding carboxylic acids is 3. The average Bonchev–Trinajstić information content (AvgIpc) is 3.28. The molecule has 39 heavy (non-hydrogen) atoms. The van der Waals surface area contributed by atoms with E-state index in [4.69, 9.17) is 5.73 Å². The van der Waals surface area contributed by atoms with Crippen LogP contribution < -0.4 is 21.7 Å². The molecule has 0 aliphatic rings. The molecule has 3 amide bonds. The van der Waals surface area contributed by atoms with Crippen molar-refractivity contribution in [1.29, 1.82) is 0 Å². The van der Waals surface area contributed by atoms with Gasteiger partial charge in [-0.1, -0.05) is 48.0 Å². The van der Waals surface area contributed by atoms with Crippen LogP contribution in [-0.4, -0.2) is 70.5 Å². The molecule has 0 radical (unpaired) electrons. The number of aryl methyl sites for hydroxylation is 1. The van der Waals surface area contributed by atoms with E-state index in [-0.39, 0.29) is 13.0 Å². The van der Waals surface area contributed by atoms with Crippen molar-refractivity contribution >= 4 is 46.4 Å². The number of nitrogens with one attached hydrogen (secondary N) is 4. The number of thioether (sulfide) groups is 1. The summed E-state index contributed by atoms with van der Waals surface area (Å²) in [6.45, 7) is 2.96. The highest BCUT2D eigenvalue weighted by Gasteiger charge is 2.27. The Bertz CT molecular complexity index is 1320. The lowest BCUT2D eigenvalue weighted by Gasteiger charge is -2.21. The van der Waals surface area contributed by atoms with Crippen LogP contribution in [0.4, 0.5) is 0 Å². The maximum atomic E-state index is 13.2. The number of H-pyrrole nitrogens is 1. The van der Waals surface area contributed by atoms with E-state index in [2.05, 4.69) is 20.9 Å². The number of carboxylic acid groups (broad SMARTS) is 1. The number of para-hydroxylation sites is 1. The molecule has 0 saturated carbocycles. The highest BCUT2D eigenvalue weighted by atomic mass is 32.2. The zero-order valence-corrected chi connectivity index (χ0v) is 23.1. The van der Waals surface area contributed by atoms with Gasteiger partial charge in [-0.05, 0) is 49.5 Å². The first-order chi connectivity index (χ1) is 18.6. The van der Waals surface area contributed by atoms with E-state index in [1.165, 1.54) is 6.92 Å². The van der Waals surface area contributed by atoms with Gasteiger partial charge in [0.1, 0.15) is 12.1 Å². The molecule has 3 aromatic rings. The maximum Gasteiger partial charge on any atom is 0.325 e. The van der Waals surface area contributed by atoms with E-state index < -0.39 is 41.8 Å². The highest BCUT2D eigenvalue weighted by molar-refractivity contribution is 7.98. The third-order valence-electron chi connectivity index (χ3n) is 6.34. The molecule has 7 N–H and O–H groups in total. The molecule has 1 heterocycles. The summed E-state index contributed by atoms with van der Waals surface area (Å²) in [6.07, 6.45) is 2.46. The van der Waals surface area contributed by atoms with E-state index in [1.807, 2.05) is 61.7 Å². The van der Waals surface area contributed by atoms with Crippen molar-refractivity contribution in [3.05, 3.63) is 59.7 Å². The van der Waals surface area contributed by atoms with Crippen molar-refractivity contribution in [3.8, 4) is 11.3 Å². The van der Waals surface area contributed by atoms with E-state index >= 15 is 0 Å². The largest absolute Gasteiger partial charge is 0.480 e. The number of carbonyl (C=O) groups is 4. The summed E-state index contributed by atoms with van der Waals surface area (Å²) in [5, 5.41) is 17.8. The number of aromatic amines is 1. The standard InChI is InChI=1S/C28H35N5O5S/c1-16-8-10-18(11-9-16)25-20(19-6-4-5-7-22(19)33-25)14-23(27(36)31-17(2)28(37)38)32-24(34)15-30-26(35)21(29)12-13-39-3/h4-11,17,21,23,33H,12-15,29H2,1-3H3,(H,30,35)(H,31,36)(H,32,34)(H,37,38)/t17-,21-,23-/m0/s1. The summed E-state index contributed by atoms with van der Waals surface area (Å²) >= 11 is 1.56. The molecule has 208 valence electrons. The predicted octanol–water partition coefficient (Wildman–Crippen LogP) is 1.96. The maximum absolute atomic E-state index is 13.2. The Balaban J connectivity index is 1.87. The summed E-state index contributed by atoms with van der Waals surface area (Å²) in [6, 6.07) is 12.5. The van der Waals surface area contributed by atoms with Crippen LogP contribution in [0.3, 0.4) is 0 Å². The second-order valence-corrected chi connectivity index (χ2v) is 10.4. The van der Waals surface area contributed by atoms with Gasteiger partial charge in [0.05, 0.1) is 12.6 Å². The van der Waals surface area contributed by atoms with Crippen molar-refractivity contribution in [2.45, 2.75) is 44.8 Å². The Kier molecular flexibility index (Phi) is 10.5. The minimum Gasteiger partial charge on any atom is -0.480 e. The summed E-state index contributed by atoms with van der Waals surface area (Å²) in [7, 11) is 0.